The van der Waals surface area contributed by atoms with Gasteiger partial charge in [0, 0.05) is 56.5 Å². The highest BCUT2D eigenvalue weighted by atomic mass is 127. The number of benzene rings is 1. The Morgan fingerprint density at radius 3 is 2.70 bits per heavy atom. The highest BCUT2D eigenvalue weighted by molar-refractivity contribution is 14.0. The molecule has 1 aromatic rings. The van der Waals surface area contributed by atoms with Gasteiger partial charge in [0.1, 0.15) is 0 Å². The van der Waals surface area contributed by atoms with Crippen molar-refractivity contribution in [3.8, 4) is 0 Å². The number of hydrogen-bond acceptors (Lipinski definition) is 4. The van der Waals surface area contributed by atoms with Crippen LogP contribution in [0.4, 0.5) is 5.69 Å². The number of hydrogen-bond donors (Lipinski definition) is 1. The van der Waals surface area contributed by atoms with Gasteiger partial charge in [-0.3, -0.25) is 4.99 Å². The molecule has 2 aliphatic heterocycles. The largest absolute Gasteiger partial charge is 0.374 e. The molecule has 27 heavy (non-hydrogen) atoms. The van der Waals surface area contributed by atoms with Gasteiger partial charge in [-0.1, -0.05) is 17.7 Å². The third kappa shape index (κ3) is 6.66. The van der Waals surface area contributed by atoms with Gasteiger partial charge in [-0.15, -0.1) is 24.0 Å². The van der Waals surface area contributed by atoms with Crippen molar-refractivity contribution in [3.63, 3.8) is 0 Å². The summed E-state index contributed by atoms with van der Waals surface area (Å²) in [7, 11) is 2.14. The molecule has 1 N–H and O–H groups in total. The third-order valence-electron chi connectivity index (χ3n) is 4.87. The van der Waals surface area contributed by atoms with Crippen LogP contribution in [0.1, 0.15) is 6.92 Å². The first-order valence-electron chi connectivity index (χ1n) is 9.49. The summed E-state index contributed by atoms with van der Waals surface area (Å²) in [6, 6.07) is 8.09. The van der Waals surface area contributed by atoms with E-state index in [9.17, 15) is 0 Å². The van der Waals surface area contributed by atoms with Gasteiger partial charge in [-0.25, -0.2) is 0 Å². The lowest BCUT2D eigenvalue weighted by atomic mass is 10.2. The van der Waals surface area contributed by atoms with Crippen molar-refractivity contribution in [1.82, 2.24) is 15.1 Å². The lowest BCUT2D eigenvalue weighted by Crippen LogP contribution is -2.53. The Morgan fingerprint density at radius 1 is 1.26 bits per heavy atom. The van der Waals surface area contributed by atoms with Crippen LogP contribution in [0.5, 0.6) is 0 Å². The molecule has 0 saturated carbocycles. The summed E-state index contributed by atoms with van der Waals surface area (Å²) in [5.74, 6) is 0.995. The normalized spacial score (nSPS) is 21.7. The average Bonchev–Trinajstić information content (AvgIpc) is 2.65. The topological polar surface area (TPSA) is 43.3 Å². The monoisotopic (exact) mass is 507 g/mol. The van der Waals surface area contributed by atoms with Gasteiger partial charge in [0.05, 0.1) is 19.3 Å². The van der Waals surface area contributed by atoms with E-state index in [1.807, 2.05) is 18.2 Å². The molecule has 2 aliphatic rings. The molecule has 0 aromatic heterocycles. The molecule has 1 atom stereocenters. The summed E-state index contributed by atoms with van der Waals surface area (Å²) in [5, 5.41) is 4.22. The van der Waals surface area contributed by atoms with Crippen LogP contribution in [0, 0.1) is 0 Å². The number of ether oxygens (including phenoxy) is 1. The number of nitrogens with one attached hydrogen (secondary N) is 1. The average molecular weight is 508 g/mol. The number of likely N-dealkylation sites (N-methyl/N-ethyl adjacent to an activating group) is 1. The standard InChI is InChI=1S/C19H30ClN5O.HI/c1-3-21-19(22-14-18-15-23(2)11-12-26-18)25-9-7-24(8-10-25)17-6-4-5-16(20)13-17;/h4-6,13,18H,3,7-12,14-15H2,1-2H3,(H,21,22);1H. The fourth-order valence-electron chi connectivity index (χ4n) is 3.44. The summed E-state index contributed by atoms with van der Waals surface area (Å²) in [5.41, 5.74) is 1.19. The van der Waals surface area contributed by atoms with E-state index in [-0.39, 0.29) is 30.1 Å². The Labute approximate surface area is 184 Å². The fourth-order valence-corrected chi connectivity index (χ4v) is 3.63. The Kier molecular flexibility index (Phi) is 9.41. The van der Waals surface area contributed by atoms with E-state index in [4.69, 9.17) is 21.3 Å². The molecule has 152 valence electrons. The first-order valence-corrected chi connectivity index (χ1v) is 9.87. The summed E-state index contributed by atoms with van der Waals surface area (Å²) in [4.78, 5) is 11.9. The Hall–Kier alpha value is -0.770. The van der Waals surface area contributed by atoms with Crippen LogP contribution >= 0.6 is 35.6 Å². The summed E-state index contributed by atoms with van der Waals surface area (Å²) in [6.45, 7) is 10.3. The second-order valence-electron chi connectivity index (χ2n) is 6.90. The van der Waals surface area contributed by atoms with Gasteiger partial charge in [-0.2, -0.15) is 0 Å². The number of aliphatic imine (C=N–C) groups is 1. The maximum Gasteiger partial charge on any atom is 0.194 e. The van der Waals surface area contributed by atoms with Gasteiger partial charge in [0.25, 0.3) is 0 Å². The molecule has 2 fully saturated rings. The number of anilines is 1. The lowest BCUT2D eigenvalue weighted by molar-refractivity contribution is -0.0137. The number of halogens is 2. The van der Waals surface area contributed by atoms with Crippen molar-refractivity contribution in [2.75, 3.05) is 70.9 Å². The Balaban J connectivity index is 0.00000261. The minimum atomic E-state index is 0. The molecular weight excluding hydrogens is 477 g/mol. The zero-order valence-electron chi connectivity index (χ0n) is 16.2. The molecule has 1 unspecified atom stereocenters. The van der Waals surface area contributed by atoms with Crippen LogP contribution in [0.25, 0.3) is 0 Å². The number of piperazine rings is 1. The molecule has 2 saturated heterocycles. The smallest absolute Gasteiger partial charge is 0.194 e. The van der Waals surface area contributed by atoms with Gasteiger partial charge in [-0.05, 0) is 32.2 Å². The highest BCUT2D eigenvalue weighted by Gasteiger charge is 2.21. The van der Waals surface area contributed by atoms with E-state index < -0.39 is 0 Å². The molecular formula is C19H31ClIN5O. The van der Waals surface area contributed by atoms with Gasteiger partial charge >= 0.3 is 0 Å². The van der Waals surface area contributed by atoms with E-state index in [0.29, 0.717) is 6.54 Å². The van der Waals surface area contributed by atoms with Crippen molar-refractivity contribution in [2.45, 2.75) is 13.0 Å². The minimum absolute atomic E-state index is 0. The fraction of sp³-hybridized carbons (Fsp3) is 0.632. The second kappa shape index (κ2) is 11.3. The maximum atomic E-state index is 6.13. The predicted octanol–water partition coefficient (Wildman–Crippen LogP) is 2.38. The first-order chi connectivity index (χ1) is 12.7. The maximum absolute atomic E-state index is 6.13. The first kappa shape index (κ1) is 22.5. The Bertz CT molecular complexity index is 610. The van der Waals surface area contributed by atoms with E-state index >= 15 is 0 Å². The van der Waals surface area contributed by atoms with Crippen LogP contribution < -0.4 is 10.2 Å². The molecule has 3 rings (SSSR count). The van der Waals surface area contributed by atoms with Crippen molar-refractivity contribution in [1.29, 1.82) is 0 Å². The molecule has 0 radical (unpaired) electrons. The molecule has 2 heterocycles. The molecule has 0 amide bonds. The molecule has 6 nitrogen and oxygen atoms in total. The van der Waals surface area contributed by atoms with Crippen LogP contribution in [-0.2, 0) is 4.74 Å². The van der Waals surface area contributed by atoms with Crippen molar-refractivity contribution in [3.05, 3.63) is 29.3 Å². The number of nitrogens with zero attached hydrogens (tertiary/aromatic N) is 4. The Morgan fingerprint density at radius 2 is 2.04 bits per heavy atom. The number of morpholine rings is 1. The van der Waals surface area contributed by atoms with E-state index in [1.165, 1.54) is 5.69 Å². The van der Waals surface area contributed by atoms with Crippen LogP contribution in [0.2, 0.25) is 5.02 Å². The van der Waals surface area contributed by atoms with E-state index in [2.05, 4.69) is 40.1 Å². The second-order valence-corrected chi connectivity index (χ2v) is 7.34. The molecule has 0 bridgehead atoms. The third-order valence-corrected chi connectivity index (χ3v) is 5.11. The van der Waals surface area contributed by atoms with E-state index in [1.54, 1.807) is 0 Å². The van der Waals surface area contributed by atoms with Crippen molar-refractivity contribution >= 4 is 47.2 Å². The molecule has 8 heteroatoms. The molecule has 1 aromatic carbocycles. The predicted molar refractivity (Wildman–Crippen MR) is 124 cm³/mol. The van der Waals surface area contributed by atoms with Crippen LogP contribution in [-0.4, -0.2) is 87.9 Å². The highest BCUT2D eigenvalue weighted by Crippen LogP contribution is 2.20. The number of rotatable bonds is 4. The minimum Gasteiger partial charge on any atom is -0.374 e. The van der Waals surface area contributed by atoms with Crippen LogP contribution in [0.3, 0.4) is 0 Å². The van der Waals surface area contributed by atoms with Crippen molar-refractivity contribution in [2.24, 2.45) is 4.99 Å². The van der Waals surface area contributed by atoms with Crippen molar-refractivity contribution < 1.29 is 4.74 Å². The number of guanidine groups is 1. The quantitative estimate of drug-likeness (QED) is 0.385. The van der Waals surface area contributed by atoms with Gasteiger partial charge in [0.15, 0.2) is 5.96 Å². The van der Waals surface area contributed by atoms with Crippen LogP contribution in [0.15, 0.2) is 29.3 Å². The molecule has 0 spiro atoms. The lowest BCUT2D eigenvalue weighted by Gasteiger charge is -2.38. The van der Waals surface area contributed by atoms with Gasteiger partial charge < -0.3 is 24.8 Å². The van der Waals surface area contributed by atoms with Gasteiger partial charge in [0.2, 0.25) is 0 Å². The molecule has 0 aliphatic carbocycles. The summed E-state index contributed by atoms with van der Waals surface area (Å²) in [6.07, 6.45) is 0.190. The summed E-state index contributed by atoms with van der Waals surface area (Å²) < 4.78 is 5.83. The SMILES string of the molecule is CCNC(=NCC1CN(C)CCO1)N1CCN(c2cccc(Cl)c2)CC1.I. The zero-order chi connectivity index (χ0) is 18.4. The summed E-state index contributed by atoms with van der Waals surface area (Å²) >= 11 is 6.13. The van der Waals surface area contributed by atoms with E-state index in [0.717, 1.165) is 63.4 Å². The zero-order valence-corrected chi connectivity index (χ0v) is 19.3.